The molecule has 8 nitrogen and oxygen atoms in total. The number of furan rings is 1. The standard InChI is InChI=1S/C21H20N2O6/c1-27-17-9-10-20(19(12-17)23(25)26)29-15-21(24)22(14-18-8-5-11-28-18)13-16-6-3-2-4-7-16/h2-12H,13-15H2,1H3. The Balaban J connectivity index is 1.73. The Labute approximate surface area is 167 Å². The highest BCUT2D eigenvalue weighted by molar-refractivity contribution is 5.78. The number of carbonyl (C=O) groups excluding carboxylic acids is 1. The second-order valence-corrected chi connectivity index (χ2v) is 6.19. The number of benzene rings is 2. The molecular formula is C21H20N2O6. The van der Waals surface area contributed by atoms with Crippen LogP contribution in [0.2, 0.25) is 0 Å². The summed E-state index contributed by atoms with van der Waals surface area (Å²) in [4.78, 5) is 25.1. The molecule has 150 valence electrons. The zero-order valence-corrected chi connectivity index (χ0v) is 15.8. The molecule has 0 spiro atoms. The van der Waals surface area contributed by atoms with Gasteiger partial charge in [0.2, 0.25) is 0 Å². The van der Waals surface area contributed by atoms with Gasteiger partial charge >= 0.3 is 5.69 Å². The Morgan fingerprint density at radius 2 is 1.90 bits per heavy atom. The molecule has 1 aromatic heterocycles. The summed E-state index contributed by atoms with van der Waals surface area (Å²) in [6, 6.07) is 17.2. The van der Waals surface area contributed by atoms with Crippen LogP contribution in [0.4, 0.5) is 5.69 Å². The van der Waals surface area contributed by atoms with Gasteiger partial charge in [0.15, 0.2) is 12.4 Å². The Kier molecular flexibility index (Phi) is 6.47. The monoisotopic (exact) mass is 396 g/mol. The molecule has 0 radical (unpaired) electrons. The van der Waals surface area contributed by atoms with Crippen molar-refractivity contribution < 1.29 is 23.6 Å². The van der Waals surface area contributed by atoms with E-state index in [9.17, 15) is 14.9 Å². The Hall–Kier alpha value is -3.81. The largest absolute Gasteiger partial charge is 0.496 e. The minimum atomic E-state index is -0.576. The van der Waals surface area contributed by atoms with Crippen LogP contribution < -0.4 is 9.47 Å². The first-order valence-electron chi connectivity index (χ1n) is 8.86. The lowest BCUT2D eigenvalue weighted by Gasteiger charge is -2.22. The normalized spacial score (nSPS) is 10.4. The van der Waals surface area contributed by atoms with Crippen LogP contribution in [0, 0.1) is 10.1 Å². The van der Waals surface area contributed by atoms with Crippen LogP contribution in [-0.2, 0) is 17.9 Å². The van der Waals surface area contributed by atoms with Crippen molar-refractivity contribution in [3.05, 3.63) is 88.4 Å². The van der Waals surface area contributed by atoms with Crippen molar-refractivity contribution in [3.8, 4) is 11.5 Å². The number of methoxy groups -OCH3 is 1. The van der Waals surface area contributed by atoms with Crippen LogP contribution in [0.25, 0.3) is 0 Å². The summed E-state index contributed by atoms with van der Waals surface area (Å²) < 4.78 is 15.8. The van der Waals surface area contributed by atoms with Crippen LogP contribution in [0.15, 0.2) is 71.3 Å². The zero-order valence-electron chi connectivity index (χ0n) is 15.8. The third kappa shape index (κ3) is 5.35. The highest BCUT2D eigenvalue weighted by Gasteiger charge is 2.21. The molecule has 3 rings (SSSR count). The highest BCUT2D eigenvalue weighted by Crippen LogP contribution is 2.31. The lowest BCUT2D eigenvalue weighted by atomic mass is 10.2. The van der Waals surface area contributed by atoms with Crippen molar-refractivity contribution in [3.63, 3.8) is 0 Å². The maximum absolute atomic E-state index is 12.8. The zero-order chi connectivity index (χ0) is 20.6. The van der Waals surface area contributed by atoms with Crippen molar-refractivity contribution in [2.45, 2.75) is 13.1 Å². The van der Waals surface area contributed by atoms with Gasteiger partial charge in [0, 0.05) is 6.54 Å². The summed E-state index contributed by atoms with van der Waals surface area (Å²) in [6.45, 7) is 0.268. The van der Waals surface area contributed by atoms with Gasteiger partial charge in [-0.3, -0.25) is 14.9 Å². The van der Waals surface area contributed by atoms with Crippen LogP contribution in [-0.4, -0.2) is 29.4 Å². The summed E-state index contributed by atoms with van der Waals surface area (Å²) in [5.74, 6) is 0.640. The van der Waals surface area contributed by atoms with Crippen molar-refractivity contribution >= 4 is 11.6 Å². The number of hydrogen-bond acceptors (Lipinski definition) is 6. The average Bonchev–Trinajstić information content (AvgIpc) is 3.25. The minimum Gasteiger partial charge on any atom is -0.496 e. The van der Waals surface area contributed by atoms with Gasteiger partial charge in [0.05, 0.1) is 30.9 Å². The lowest BCUT2D eigenvalue weighted by molar-refractivity contribution is -0.385. The Morgan fingerprint density at radius 3 is 2.55 bits per heavy atom. The van der Waals surface area contributed by atoms with Crippen LogP contribution >= 0.6 is 0 Å². The van der Waals surface area contributed by atoms with Gasteiger partial charge < -0.3 is 18.8 Å². The molecule has 0 saturated heterocycles. The third-order valence-electron chi connectivity index (χ3n) is 4.21. The van der Waals surface area contributed by atoms with E-state index >= 15 is 0 Å². The number of rotatable bonds is 9. The van der Waals surface area contributed by atoms with E-state index in [1.165, 1.54) is 31.6 Å². The molecule has 0 atom stereocenters. The van der Waals surface area contributed by atoms with Crippen LogP contribution in [0.3, 0.4) is 0 Å². The van der Waals surface area contributed by atoms with E-state index in [4.69, 9.17) is 13.9 Å². The van der Waals surface area contributed by atoms with Gasteiger partial charge in [0.1, 0.15) is 11.5 Å². The fraction of sp³-hybridized carbons (Fsp3) is 0.190. The molecule has 1 heterocycles. The first-order valence-corrected chi connectivity index (χ1v) is 8.86. The van der Waals surface area contributed by atoms with E-state index < -0.39 is 4.92 Å². The second-order valence-electron chi connectivity index (χ2n) is 6.19. The van der Waals surface area contributed by atoms with Crippen molar-refractivity contribution in [2.75, 3.05) is 13.7 Å². The first kappa shape index (κ1) is 19.9. The molecule has 0 aliphatic heterocycles. The molecule has 8 heteroatoms. The molecule has 0 aliphatic carbocycles. The summed E-state index contributed by atoms with van der Waals surface area (Å²) in [6.07, 6.45) is 1.54. The Morgan fingerprint density at radius 1 is 1.10 bits per heavy atom. The quantitative estimate of drug-likeness (QED) is 0.403. The molecule has 29 heavy (non-hydrogen) atoms. The van der Waals surface area contributed by atoms with Gasteiger partial charge in [0.25, 0.3) is 5.91 Å². The van der Waals surface area contributed by atoms with E-state index in [1.807, 2.05) is 30.3 Å². The molecule has 3 aromatic rings. The topological polar surface area (TPSA) is 95.1 Å². The van der Waals surface area contributed by atoms with Crippen LogP contribution in [0.5, 0.6) is 11.5 Å². The van der Waals surface area contributed by atoms with E-state index in [0.29, 0.717) is 18.1 Å². The molecule has 0 N–H and O–H groups in total. The number of nitro benzene ring substituents is 1. The first-order chi connectivity index (χ1) is 14.1. The molecule has 1 amide bonds. The van der Waals surface area contributed by atoms with Gasteiger partial charge in [-0.25, -0.2) is 0 Å². The summed E-state index contributed by atoms with van der Waals surface area (Å²) in [5.41, 5.74) is 0.681. The average molecular weight is 396 g/mol. The second kappa shape index (κ2) is 9.41. The molecule has 0 aliphatic rings. The summed E-state index contributed by atoms with van der Waals surface area (Å²) >= 11 is 0. The minimum absolute atomic E-state index is 0.00168. The van der Waals surface area contributed by atoms with Crippen LogP contribution in [0.1, 0.15) is 11.3 Å². The third-order valence-corrected chi connectivity index (χ3v) is 4.21. The van der Waals surface area contributed by atoms with E-state index in [1.54, 1.807) is 17.0 Å². The molecule has 2 aromatic carbocycles. The van der Waals surface area contributed by atoms with Gasteiger partial charge in [-0.15, -0.1) is 0 Å². The van der Waals surface area contributed by atoms with Gasteiger partial charge in [-0.2, -0.15) is 0 Å². The van der Waals surface area contributed by atoms with Gasteiger partial charge in [-0.05, 0) is 29.8 Å². The molecule has 0 unspecified atom stereocenters. The maximum Gasteiger partial charge on any atom is 0.314 e. The van der Waals surface area contributed by atoms with E-state index in [2.05, 4.69) is 0 Å². The van der Waals surface area contributed by atoms with Crippen molar-refractivity contribution in [1.29, 1.82) is 0 Å². The fourth-order valence-electron chi connectivity index (χ4n) is 2.75. The number of nitro groups is 1. The van der Waals surface area contributed by atoms with Crippen molar-refractivity contribution in [1.82, 2.24) is 4.90 Å². The van der Waals surface area contributed by atoms with Gasteiger partial charge in [-0.1, -0.05) is 30.3 Å². The fourth-order valence-corrected chi connectivity index (χ4v) is 2.75. The number of ether oxygens (including phenoxy) is 2. The molecule has 0 saturated carbocycles. The lowest BCUT2D eigenvalue weighted by Crippen LogP contribution is -2.34. The number of amides is 1. The SMILES string of the molecule is COc1ccc(OCC(=O)N(Cc2ccccc2)Cc2ccco2)c([N+](=O)[O-])c1. The van der Waals surface area contributed by atoms with E-state index in [0.717, 1.165) is 5.56 Å². The maximum atomic E-state index is 12.8. The molecule has 0 fully saturated rings. The van der Waals surface area contributed by atoms with Crippen molar-refractivity contribution in [2.24, 2.45) is 0 Å². The summed E-state index contributed by atoms with van der Waals surface area (Å²) in [5, 5.41) is 11.3. The smallest absolute Gasteiger partial charge is 0.314 e. The highest BCUT2D eigenvalue weighted by atomic mass is 16.6. The van der Waals surface area contributed by atoms with E-state index in [-0.39, 0.29) is 30.5 Å². The molecular weight excluding hydrogens is 376 g/mol. The number of carbonyl (C=O) groups is 1. The predicted octanol–water partition coefficient (Wildman–Crippen LogP) is 3.80. The Bertz CT molecular complexity index is 957. The predicted molar refractivity (Wildman–Crippen MR) is 105 cm³/mol. The number of hydrogen-bond donors (Lipinski definition) is 0. The molecule has 0 bridgehead atoms. The number of nitrogens with zero attached hydrogens (tertiary/aromatic N) is 2. The summed E-state index contributed by atoms with van der Waals surface area (Å²) in [7, 11) is 1.42.